The Kier molecular flexibility index (Phi) is 9.25. The highest BCUT2D eigenvalue weighted by Crippen LogP contribution is 2.35. The normalized spacial score (nSPS) is 14.5. The molecule has 1 saturated heterocycles. The molecule has 0 radical (unpaired) electrons. The van der Waals surface area contributed by atoms with Gasteiger partial charge in [-0.3, -0.25) is 4.79 Å². The Morgan fingerprint density at radius 1 is 0.968 bits per heavy atom. The van der Waals surface area contributed by atoms with Crippen molar-refractivity contribution in [2.24, 2.45) is 0 Å². The highest BCUT2D eigenvalue weighted by atomic mass is 127. The highest BCUT2D eigenvalue weighted by Gasteiger charge is 2.42. The lowest BCUT2D eigenvalue weighted by Gasteiger charge is -2.35. The lowest BCUT2D eigenvalue weighted by atomic mass is 9.73. The fourth-order valence-corrected chi connectivity index (χ4v) is 3.60. The molecular formula is C22H24INO7. The molecule has 0 unspecified atom stereocenters. The Balaban J connectivity index is 0.000000501. The summed E-state index contributed by atoms with van der Waals surface area (Å²) in [4.78, 5) is 31.2. The molecule has 0 bridgehead atoms. The first kappa shape index (κ1) is 24.6. The van der Waals surface area contributed by atoms with Crippen molar-refractivity contribution in [3.63, 3.8) is 0 Å². The topological polar surface area (TPSA) is 122 Å². The number of esters is 1. The molecule has 9 heteroatoms. The van der Waals surface area contributed by atoms with E-state index in [1.54, 1.807) is 7.11 Å². The Hall–Kier alpha value is -2.66. The summed E-state index contributed by atoms with van der Waals surface area (Å²) in [6, 6.07) is 15.8. The van der Waals surface area contributed by atoms with Crippen molar-refractivity contribution in [1.82, 2.24) is 5.32 Å². The van der Waals surface area contributed by atoms with Crippen molar-refractivity contribution in [3.8, 4) is 5.75 Å². The minimum Gasteiger partial charge on any atom is -0.497 e. The molecule has 8 nitrogen and oxygen atoms in total. The van der Waals surface area contributed by atoms with Crippen LogP contribution in [0.25, 0.3) is 0 Å². The third-order valence-electron chi connectivity index (χ3n) is 4.96. The minimum absolute atomic E-state index is 0.133. The molecule has 0 spiro atoms. The van der Waals surface area contributed by atoms with Crippen molar-refractivity contribution in [2.45, 2.75) is 24.9 Å². The van der Waals surface area contributed by atoms with Crippen molar-refractivity contribution in [1.29, 1.82) is 0 Å². The van der Waals surface area contributed by atoms with Crippen molar-refractivity contribution >= 4 is 40.5 Å². The average molecular weight is 541 g/mol. The number of aliphatic carboxylic acids is 2. The Bertz CT molecular complexity index is 879. The van der Waals surface area contributed by atoms with E-state index < -0.39 is 17.4 Å². The van der Waals surface area contributed by atoms with Gasteiger partial charge in [0.2, 0.25) is 0 Å². The predicted octanol–water partition coefficient (Wildman–Crippen LogP) is 2.82. The Morgan fingerprint density at radius 3 is 2.00 bits per heavy atom. The number of piperidine rings is 1. The molecule has 3 rings (SSSR count). The second kappa shape index (κ2) is 11.7. The van der Waals surface area contributed by atoms with E-state index in [9.17, 15) is 4.79 Å². The van der Waals surface area contributed by atoms with Gasteiger partial charge in [-0.1, -0.05) is 24.3 Å². The summed E-state index contributed by atoms with van der Waals surface area (Å²) in [5.74, 6) is -2.99. The standard InChI is InChI=1S/C20H22INO3.C2H2O4/c1-24-18-8-2-15(3-9-18)14-25-19(23)20(10-12-22-13-11-20)16-4-6-17(21)7-5-16;3-1(4)2(5)6/h2-9,22H,10-14H2,1H3;(H,3,4)(H,5,6). The van der Waals surface area contributed by atoms with Crippen LogP contribution in [0.1, 0.15) is 24.0 Å². The number of ether oxygens (including phenoxy) is 2. The van der Waals surface area contributed by atoms with Crippen LogP contribution in [-0.2, 0) is 31.1 Å². The van der Waals surface area contributed by atoms with Crippen LogP contribution in [0.5, 0.6) is 5.75 Å². The van der Waals surface area contributed by atoms with Gasteiger partial charge in [0.05, 0.1) is 12.5 Å². The molecule has 0 atom stereocenters. The zero-order valence-corrected chi connectivity index (χ0v) is 19.1. The van der Waals surface area contributed by atoms with Gasteiger partial charge in [-0.2, -0.15) is 0 Å². The van der Waals surface area contributed by atoms with Crippen LogP contribution in [0.15, 0.2) is 48.5 Å². The number of hydrogen-bond acceptors (Lipinski definition) is 6. The number of halogens is 1. The van der Waals surface area contributed by atoms with E-state index in [1.807, 2.05) is 24.3 Å². The number of carboxylic acid groups (broad SMARTS) is 2. The summed E-state index contributed by atoms with van der Waals surface area (Å²) in [7, 11) is 1.64. The van der Waals surface area contributed by atoms with Gasteiger partial charge >= 0.3 is 17.9 Å². The van der Waals surface area contributed by atoms with Gasteiger partial charge in [0.1, 0.15) is 12.4 Å². The van der Waals surface area contributed by atoms with Gasteiger partial charge in [-0.25, -0.2) is 9.59 Å². The van der Waals surface area contributed by atoms with Crippen LogP contribution in [0, 0.1) is 3.57 Å². The highest BCUT2D eigenvalue weighted by molar-refractivity contribution is 14.1. The minimum atomic E-state index is -1.82. The molecule has 0 aromatic heterocycles. The number of carboxylic acids is 2. The summed E-state index contributed by atoms with van der Waals surface area (Å²) in [5, 5.41) is 18.1. The van der Waals surface area contributed by atoms with Gasteiger partial charge in [-0.15, -0.1) is 0 Å². The quantitative estimate of drug-likeness (QED) is 0.300. The first-order valence-electron chi connectivity index (χ1n) is 9.51. The first-order chi connectivity index (χ1) is 14.8. The number of nitrogens with one attached hydrogen (secondary N) is 1. The van der Waals surface area contributed by atoms with Crippen LogP contribution in [0.2, 0.25) is 0 Å². The van der Waals surface area contributed by atoms with Gasteiger partial charge < -0.3 is 25.0 Å². The summed E-state index contributed by atoms with van der Waals surface area (Å²) < 4.78 is 12.0. The predicted molar refractivity (Wildman–Crippen MR) is 121 cm³/mol. The molecular weight excluding hydrogens is 517 g/mol. The second-order valence-electron chi connectivity index (χ2n) is 6.87. The Morgan fingerprint density at radius 2 is 1.52 bits per heavy atom. The molecule has 0 aliphatic carbocycles. The second-order valence-corrected chi connectivity index (χ2v) is 8.12. The molecule has 1 heterocycles. The SMILES string of the molecule is COc1ccc(COC(=O)C2(c3ccc(I)cc3)CCNCC2)cc1.O=C(O)C(=O)O. The number of carbonyl (C=O) groups is 3. The third kappa shape index (κ3) is 6.93. The van der Waals surface area contributed by atoms with Gasteiger partial charge in [0, 0.05) is 3.57 Å². The van der Waals surface area contributed by atoms with Crippen LogP contribution in [-0.4, -0.2) is 48.3 Å². The summed E-state index contributed by atoms with van der Waals surface area (Å²) >= 11 is 2.28. The number of rotatable bonds is 5. The smallest absolute Gasteiger partial charge is 0.414 e. The molecule has 0 amide bonds. The van der Waals surface area contributed by atoms with E-state index in [-0.39, 0.29) is 12.6 Å². The zero-order chi connectivity index (χ0) is 22.9. The van der Waals surface area contributed by atoms with Crippen LogP contribution >= 0.6 is 22.6 Å². The van der Waals surface area contributed by atoms with Crippen LogP contribution < -0.4 is 10.1 Å². The van der Waals surface area contributed by atoms with E-state index in [4.69, 9.17) is 29.3 Å². The molecule has 1 fully saturated rings. The van der Waals surface area contributed by atoms with Gasteiger partial charge in [0.25, 0.3) is 0 Å². The van der Waals surface area contributed by atoms with E-state index >= 15 is 0 Å². The van der Waals surface area contributed by atoms with Crippen molar-refractivity contribution < 1.29 is 34.1 Å². The molecule has 31 heavy (non-hydrogen) atoms. The van der Waals surface area contributed by atoms with E-state index in [0.717, 1.165) is 46.4 Å². The summed E-state index contributed by atoms with van der Waals surface area (Å²) in [6.45, 7) is 1.93. The van der Waals surface area contributed by atoms with Crippen molar-refractivity contribution in [2.75, 3.05) is 20.2 Å². The largest absolute Gasteiger partial charge is 0.497 e. The van der Waals surface area contributed by atoms with Crippen LogP contribution in [0.4, 0.5) is 0 Å². The molecule has 1 aliphatic heterocycles. The molecule has 2 aromatic carbocycles. The van der Waals surface area contributed by atoms with Gasteiger partial charge in [-0.05, 0) is 83.9 Å². The van der Waals surface area contributed by atoms with Gasteiger partial charge in [0.15, 0.2) is 0 Å². The summed E-state index contributed by atoms with van der Waals surface area (Å²) in [6.07, 6.45) is 1.52. The maximum atomic E-state index is 13.0. The van der Waals surface area contributed by atoms with E-state index in [0.29, 0.717) is 0 Å². The third-order valence-corrected chi connectivity index (χ3v) is 5.68. The maximum absolute atomic E-state index is 13.0. The van der Waals surface area contributed by atoms with Crippen LogP contribution in [0.3, 0.4) is 0 Å². The van der Waals surface area contributed by atoms with Crippen molar-refractivity contribution in [3.05, 3.63) is 63.2 Å². The molecule has 3 N–H and O–H groups in total. The lowest BCUT2D eigenvalue weighted by molar-refractivity contribution is -0.159. The number of carbonyl (C=O) groups excluding carboxylic acids is 1. The van der Waals surface area contributed by atoms with E-state index in [1.165, 1.54) is 0 Å². The number of benzene rings is 2. The number of hydrogen-bond donors (Lipinski definition) is 3. The zero-order valence-electron chi connectivity index (χ0n) is 17.0. The lowest BCUT2D eigenvalue weighted by Crippen LogP contribution is -2.46. The molecule has 166 valence electrons. The summed E-state index contributed by atoms with van der Waals surface area (Å²) in [5.41, 5.74) is 1.46. The average Bonchev–Trinajstić information content (AvgIpc) is 2.79. The fraction of sp³-hybridized carbons (Fsp3) is 0.318. The molecule has 2 aromatic rings. The monoisotopic (exact) mass is 541 g/mol. The maximum Gasteiger partial charge on any atom is 0.414 e. The number of methoxy groups -OCH3 is 1. The first-order valence-corrected chi connectivity index (χ1v) is 10.6. The van der Waals surface area contributed by atoms with E-state index in [2.05, 4.69) is 52.2 Å². The molecule has 0 saturated carbocycles. The Labute approximate surface area is 193 Å². The fourth-order valence-electron chi connectivity index (χ4n) is 3.24. The molecule has 1 aliphatic rings.